The van der Waals surface area contributed by atoms with Gasteiger partial charge in [-0.3, -0.25) is 9.78 Å². The van der Waals surface area contributed by atoms with E-state index in [4.69, 9.17) is 0 Å². The van der Waals surface area contributed by atoms with Crippen molar-refractivity contribution in [3.63, 3.8) is 0 Å². The number of carbonyl (C=O) groups is 1. The van der Waals surface area contributed by atoms with Gasteiger partial charge in [0.2, 0.25) is 0 Å². The lowest BCUT2D eigenvalue weighted by atomic mass is 9.70. The van der Waals surface area contributed by atoms with Crippen molar-refractivity contribution in [1.29, 1.82) is 0 Å². The number of carbonyl (C=O) groups excluding carboxylic acids is 1. The first-order valence-electron chi connectivity index (χ1n) is 5.52. The van der Waals surface area contributed by atoms with Gasteiger partial charge in [-0.25, -0.2) is 0 Å². The van der Waals surface area contributed by atoms with Crippen molar-refractivity contribution in [2.75, 3.05) is 6.54 Å². The van der Waals surface area contributed by atoms with Gasteiger partial charge in [0.1, 0.15) is 5.75 Å². The number of aromatic hydroxyl groups is 1. The van der Waals surface area contributed by atoms with E-state index < -0.39 is 0 Å². The highest BCUT2D eigenvalue weighted by molar-refractivity contribution is 5.96. The second-order valence-corrected chi connectivity index (χ2v) is 4.74. The summed E-state index contributed by atoms with van der Waals surface area (Å²) in [6, 6.07) is 1.52. The summed E-state index contributed by atoms with van der Waals surface area (Å²) in [6.45, 7) is 2.84. The number of pyridine rings is 1. The predicted molar refractivity (Wildman–Crippen MR) is 60.2 cm³/mol. The maximum Gasteiger partial charge on any atom is 0.255 e. The SMILES string of the molecule is CC1(CNC(=O)c2ccncc2O)CCC1. The standard InChI is InChI=1S/C12H16N2O2/c1-12(4-2-5-12)8-14-11(16)9-3-6-13-7-10(9)15/h3,6-7,15H,2,4-5,8H2,1H3,(H,14,16). The van der Waals surface area contributed by atoms with Gasteiger partial charge in [0.05, 0.1) is 11.8 Å². The molecule has 16 heavy (non-hydrogen) atoms. The minimum atomic E-state index is -0.229. The Balaban J connectivity index is 1.96. The summed E-state index contributed by atoms with van der Waals surface area (Å²) in [6.07, 6.45) is 6.35. The molecule has 4 heteroatoms. The van der Waals surface area contributed by atoms with Gasteiger partial charge < -0.3 is 10.4 Å². The van der Waals surface area contributed by atoms with Crippen LogP contribution in [0.25, 0.3) is 0 Å². The van der Waals surface area contributed by atoms with E-state index >= 15 is 0 Å². The highest BCUT2D eigenvalue weighted by Gasteiger charge is 2.32. The molecular formula is C12H16N2O2. The summed E-state index contributed by atoms with van der Waals surface area (Å²) in [5.74, 6) is -0.299. The van der Waals surface area contributed by atoms with E-state index in [1.807, 2.05) is 0 Å². The molecule has 86 valence electrons. The van der Waals surface area contributed by atoms with Crippen LogP contribution in [0, 0.1) is 5.41 Å². The van der Waals surface area contributed by atoms with Crippen LogP contribution in [0.1, 0.15) is 36.5 Å². The average molecular weight is 220 g/mol. The summed E-state index contributed by atoms with van der Waals surface area (Å²) >= 11 is 0. The van der Waals surface area contributed by atoms with Crippen molar-refractivity contribution in [3.05, 3.63) is 24.0 Å². The van der Waals surface area contributed by atoms with Crippen LogP contribution in [-0.4, -0.2) is 22.5 Å². The van der Waals surface area contributed by atoms with Gasteiger partial charge in [-0.1, -0.05) is 13.3 Å². The molecule has 1 aromatic rings. The summed E-state index contributed by atoms with van der Waals surface area (Å²) in [7, 11) is 0. The fourth-order valence-electron chi connectivity index (χ4n) is 1.92. The van der Waals surface area contributed by atoms with Crippen molar-refractivity contribution >= 4 is 5.91 Å². The number of aromatic nitrogens is 1. The van der Waals surface area contributed by atoms with Crippen LogP contribution in [-0.2, 0) is 0 Å². The molecule has 0 spiro atoms. The fourth-order valence-corrected chi connectivity index (χ4v) is 1.92. The van der Waals surface area contributed by atoms with Crippen molar-refractivity contribution in [2.45, 2.75) is 26.2 Å². The number of hydrogen-bond acceptors (Lipinski definition) is 3. The molecule has 0 aromatic carbocycles. The Labute approximate surface area is 94.7 Å². The normalized spacial score (nSPS) is 17.6. The van der Waals surface area contributed by atoms with Gasteiger partial charge in [-0.15, -0.1) is 0 Å². The smallest absolute Gasteiger partial charge is 0.255 e. The van der Waals surface area contributed by atoms with Crippen LogP contribution in [0.5, 0.6) is 5.75 Å². The maximum atomic E-state index is 11.8. The molecule has 0 radical (unpaired) electrons. The van der Waals surface area contributed by atoms with Crippen LogP contribution in [0.3, 0.4) is 0 Å². The van der Waals surface area contributed by atoms with E-state index in [2.05, 4.69) is 17.2 Å². The lowest BCUT2D eigenvalue weighted by molar-refractivity contribution is 0.0888. The Bertz CT molecular complexity index is 400. The molecule has 4 nitrogen and oxygen atoms in total. The molecule has 0 bridgehead atoms. The molecule has 1 saturated carbocycles. The minimum absolute atomic E-state index is 0.0706. The molecule has 2 rings (SSSR count). The van der Waals surface area contributed by atoms with E-state index in [-0.39, 0.29) is 22.6 Å². The number of hydrogen-bond donors (Lipinski definition) is 2. The molecule has 1 aliphatic rings. The third-order valence-electron chi connectivity index (χ3n) is 3.28. The monoisotopic (exact) mass is 220 g/mol. The van der Waals surface area contributed by atoms with Gasteiger partial charge in [0.15, 0.2) is 0 Å². The van der Waals surface area contributed by atoms with Gasteiger partial charge >= 0.3 is 0 Å². The molecule has 1 amide bonds. The molecular weight excluding hydrogens is 204 g/mol. The second-order valence-electron chi connectivity index (χ2n) is 4.74. The van der Waals surface area contributed by atoms with Crippen molar-refractivity contribution in [3.8, 4) is 5.75 Å². The molecule has 0 atom stereocenters. The highest BCUT2D eigenvalue weighted by Crippen LogP contribution is 2.39. The highest BCUT2D eigenvalue weighted by atomic mass is 16.3. The van der Waals surface area contributed by atoms with E-state index in [0.717, 1.165) is 12.8 Å². The van der Waals surface area contributed by atoms with Gasteiger partial charge in [-0.2, -0.15) is 0 Å². The summed E-state index contributed by atoms with van der Waals surface area (Å²) in [5, 5.41) is 12.3. The molecule has 0 aliphatic heterocycles. The molecule has 1 aromatic heterocycles. The van der Waals surface area contributed by atoms with Crippen LogP contribution < -0.4 is 5.32 Å². The Morgan fingerprint density at radius 3 is 2.94 bits per heavy atom. The van der Waals surface area contributed by atoms with Crippen molar-refractivity contribution in [1.82, 2.24) is 10.3 Å². The van der Waals surface area contributed by atoms with Crippen molar-refractivity contribution in [2.24, 2.45) is 5.41 Å². The minimum Gasteiger partial charge on any atom is -0.505 e. The molecule has 0 saturated heterocycles. The molecule has 0 unspecified atom stereocenters. The number of rotatable bonds is 3. The van der Waals surface area contributed by atoms with Crippen LogP contribution >= 0.6 is 0 Å². The molecule has 1 fully saturated rings. The lowest BCUT2D eigenvalue weighted by Crippen LogP contribution is -2.39. The zero-order chi connectivity index (χ0) is 11.6. The average Bonchev–Trinajstić information content (AvgIpc) is 2.24. The van der Waals surface area contributed by atoms with E-state index in [1.165, 1.54) is 24.9 Å². The number of amides is 1. The third kappa shape index (κ3) is 2.15. The molecule has 2 N–H and O–H groups in total. The van der Waals surface area contributed by atoms with Crippen LogP contribution in [0.15, 0.2) is 18.5 Å². The first-order valence-corrected chi connectivity index (χ1v) is 5.52. The Morgan fingerprint density at radius 1 is 1.62 bits per heavy atom. The van der Waals surface area contributed by atoms with E-state index in [9.17, 15) is 9.90 Å². The number of nitrogens with zero attached hydrogens (tertiary/aromatic N) is 1. The first kappa shape index (κ1) is 10.9. The second kappa shape index (κ2) is 4.12. The van der Waals surface area contributed by atoms with Crippen LogP contribution in [0.2, 0.25) is 0 Å². The topological polar surface area (TPSA) is 62.2 Å². The Morgan fingerprint density at radius 2 is 2.38 bits per heavy atom. The maximum absolute atomic E-state index is 11.8. The summed E-state index contributed by atoms with van der Waals surface area (Å²) < 4.78 is 0. The third-order valence-corrected chi connectivity index (χ3v) is 3.28. The van der Waals surface area contributed by atoms with E-state index in [0.29, 0.717) is 6.54 Å². The largest absolute Gasteiger partial charge is 0.505 e. The first-order chi connectivity index (χ1) is 7.61. The van der Waals surface area contributed by atoms with E-state index in [1.54, 1.807) is 0 Å². The quantitative estimate of drug-likeness (QED) is 0.815. The lowest BCUT2D eigenvalue weighted by Gasteiger charge is -2.38. The fraction of sp³-hybridized carbons (Fsp3) is 0.500. The van der Waals surface area contributed by atoms with Gasteiger partial charge in [0.25, 0.3) is 5.91 Å². The van der Waals surface area contributed by atoms with Crippen LogP contribution in [0.4, 0.5) is 0 Å². The van der Waals surface area contributed by atoms with Gasteiger partial charge in [-0.05, 0) is 24.3 Å². The zero-order valence-electron chi connectivity index (χ0n) is 9.36. The molecule has 1 heterocycles. The summed E-state index contributed by atoms with van der Waals surface area (Å²) in [5.41, 5.74) is 0.538. The Kier molecular flexibility index (Phi) is 2.81. The summed E-state index contributed by atoms with van der Waals surface area (Å²) in [4.78, 5) is 15.5. The predicted octanol–water partition coefficient (Wildman–Crippen LogP) is 1.71. The number of nitrogens with one attached hydrogen (secondary N) is 1. The zero-order valence-corrected chi connectivity index (χ0v) is 9.36. The van der Waals surface area contributed by atoms with Gasteiger partial charge in [0, 0.05) is 12.7 Å². The molecule has 1 aliphatic carbocycles. The van der Waals surface area contributed by atoms with Crippen molar-refractivity contribution < 1.29 is 9.90 Å². The Hall–Kier alpha value is -1.58.